The van der Waals surface area contributed by atoms with Crippen molar-refractivity contribution in [3.05, 3.63) is 35.4 Å². The van der Waals surface area contributed by atoms with E-state index in [1.165, 1.54) is 5.56 Å². The molecule has 0 spiro atoms. The summed E-state index contributed by atoms with van der Waals surface area (Å²) in [5.41, 5.74) is 7.13. The van der Waals surface area contributed by atoms with Crippen molar-refractivity contribution in [3.8, 4) is 0 Å². The molecule has 1 aromatic rings. The van der Waals surface area contributed by atoms with Gasteiger partial charge in [-0.1, -0.05) is 24.3 Å². The molecule has 3 amide bonds. The molecule has 1 aliphatic heterocycles. The number of aliphatic hydroxyl groups excluding tert-OH is 1. The Labute approximate surface area is 117 Å². The van der Waals surface area contributed by atoms with Crippen molar-refractivity contribution in [2.24, 2.45) is 5.73 Å². The molecule has 0 saturated heterocycles. The Hall–Kier alpha value is -2.08. The Morgan fingerprint density at radius 1 is 1.40 bits per heavy atom. The van der Waals surface area contributed by atoms with Gasteiger partial charge in [-0.3, -0.25) is 4.79 Å². The van der Waals surface area contributed by atoms with Crippen LogP contribution in [0.3, 0.4) is 0 Å². The summed E-state index contributed by atoms with van der Waals surface area (Å²) >= 11 is 0. The monoisotopic (exact) mass is 277 g/mol. The third-order valence-electron chi connectivity index (χ3n) is 3.54. The van der Waals surface area contributed by atoms with Gasteiger partial charge in [0.1, 0.15) is 0 Å². The van der Waals surface area contributed by atoms with Crippen molar-refractivity contribution in [2.75, 3.05) is 19.7 Å². The standard InChI is InChI=1S/C14H19N3O3/c15-14(20)16-7-5-13(19)17-8-6-10-3-1-2-4-11(10)12(17)9-18/h1-4,12,18H,5-9H2,(H3,15,16,20). The minimum Gasteiger partial charge on any atom is -0.394 e. The second kappa shape index (κ2) is 6.38. The number of amides is 3. The van der Waals surface area contributed by atoms with Gasteiger partial charge in [-0.05, 0) is 17.5 Å². The average molecular weight is 277 g/mol. The lowest BCUT2D eigenvalue weighted by molar-refractivity contribution is -0.135. The number of nitrogens with two attached hydrogens (primary N) is 1. The number of primary amides is 1. The maximum absolute atomic E-state index is 12.2. The van der Waals surface area contributed by atoms with Gasteiger partial charge >= 0.3 is 6.03 Å². The molecule has 6 heteroatoms. The largest absolute Gasteiger partial charge is 0.394 e. The smallest absolute Gasteiger partial charge is 0.312 e. The molecule has 0 aromatic heterocycles. The lowest BCUT2D eigenvalue weighted by Crippen LogP contribution is -2.43. The van der Waals surface area contributed by atoms with Gasteiger partial charge in [0.25, 0.3) is 0 Å². The molecule has 0 fully saturated rings. The number of fused-ring (bicyclic) bond motifs is 1. The first kappa shape index (κ1) is 14.3. The van der Waals surface area contributed by atoms with Crippen molar-refractivity contribution >= 4 is 11.9 Å². The SMILES string of the molecule is NC(=O)NCCC(=O)N1CCc2ccccc2C1CO. The van der Waals surface area contributed by atoms with Crippen LogP contribution < -0.4 is 11.1 Å². The quantitative estimate of drug-likeness (QED) is 0.731. The summed E-state index contributed by atoms with van der Waals surface area (Å²) in [6, 6.07) is 6.89. The number of nitrogens with zero attached hydrogens (tertiary/aromatic N) is 1. The van der Waals surface area contributed by atoms with Crippen LogP contribution in [0.2, 0.25) is 0 Å². The van der Waals surface area contributed by atoms with E-state index < -0.39 is 6.03 Å². The summed E-state index contributed by atoms with van der Waals surface area (Å²) in [5.74, 6) is -0.0905. The van der Waals surface area contributed by atoms with E-state index >= 15 is 0 Å². The van der Waals surface area contributed by atoms with E-state index in [1.54, 1.807) is 4.90 Å². The molecule has 0 bridgehead atoms. The molecule has 1 heterocycles. The van der Waals surface area contributed by atoms with Crippen molar-refractivity contribution < 1.29 is 14.7 Å². The molecule has 0 aliphatic carbocycles. The molecule has 2 rings (SSSR count). The second-order valence-corrected chi connectivity index (χ2v) is 4.78. The first-order chi connectivity index (χ1) is 9.63. The number of hydrogen-bond donors (Lipinski definition) is 3. The zero-order chi connectivity index (χ0) is 14.5. The minimum atomic E-state index is -0.638. The molecule has 1 aliphatic rings. The summed E-state index contributed by atoms with van der Waals surface area (Å²) in [7, 11) is 0. The zero-order valence-corrected chi connectivity index (χ0v) is 11.2. The summed E-state index contributed by atoms with van der Waals surface area (Å²) in [5, 5.41) is 12.0. The molecule has 4 N–H and O–H groups in total. The van der Waals surface area contributed by atoms with E-state index in [2.05, 4.69) is 5.32 Å². The third kappa shape index (κ3) is 3.08. The first-order valence-corrected chi connectivity index (χ1v) is 6.65. The van der Waals surface area contributed by atoms with Gasteiger partial charge in [0, 0.05) is 19.5 Å². The molecule has 1 unspecified atom stereocenters. The summed E-state index contributed by atoms with van der Waals surface area (Å²) in [4.78, 5) is 24.4. The van der Waals surface area contributed by atoms with Crippen LogP contribution >= 0.6 is 0 Å². The van der Waals surface area contributed by atoms with Gasteiger partial charge in [0.15, 0.2) is 0 Å². The average Bonchev–Trinajstić information content (AvgIpc) is 2.45. The van der Waals surface area contributed by atoms with E-state index in [0.29, 0.717) is 6.54 Å². The van der Waals surface area contributed by atoms with Crippen LogP contribution in [0.25, 0.3) is 0 Å². The number of nitrogens with one attached hydrogen (secondary N) is 1. The van der Waals surface area contributed by atoms with E-state index in [-0.39, 0.29) is 31.5 Å². The Kier molecular flexibility index (Phi) is 4.57. The molecular weight excluding hydrogens is 258 g/mol. The van der Waals surface area contributed by atoms with Crippen LogP contribution in [0.4, 0.5) is 4.79 Å². The predicted octanol–water partition coefficient (Wildman–Crippen LogP) is 0.163. The molecule has 0 radical (unpaired) electrons. The van der Waals surface area contributed by atoms with Gasteiger partial charge in [0.05, 0.1) is 12.6 Å². The van der Waals surface area contributed by atoms with Gasteiger partial charge in [0.2, 0.25) is 5.91 Å². The molecule has 0 saturated carbocycles. The molecule has 6 nitrogen and oxygen atoms in total. The van der Waals surface area contributed by atoms with Gasteiger partial charge in [-0.25, -0.2) is 4.79 Å². The summed E-state index contributed by atoms with van der Waals surface area (Å²) in [6.07, 6.45) is 0.962. The number of rotatable bonds is 4. The van der Waals surface area contributed by atoms with Crippen LogP contribution in [-0.2, 0) is 11.2 Å². The van der Waals surface area contributed by atoms with Crippen molar-refractivity contribution in [1.29, 1.82) is 0 Å². The maximum Gasteiger partial charge on any atom is 0.312 e. The second-order valence-electron chi connectivity index (χ2n) is 4.78. The van der Waals surface area contributed by atoms with Crippen molar-refractivity contribution in [1.82, 2.24) is 10.2 Å². The number of urea groups is 1. The van der Waals surface area contributed by atoms with Gasteiger partial charge in [-0.15, -0.1) is 0 Å². The van der Waals surface area contributed by atoms with Crippen molar-refractivity contribution in [2.45, 2.75) is 18.9 Å². The summed E-state index contributed by atoms with van der Waals surface area (Å²) in [6.45, 7) is 0.689. The fraction of sp³-hybridized carbons (Fsp3) is 0.429. The lowest BCUT2D eigenvalue weighted by atomic mass is 9.93. The molecule has 1 aromatic carbocycles. The number of carbonyl (C=O) groups is 2. The van der Waals surface area contributed by atoms with Crippen LogP contribution in [0, 0.1) is 0 Å². The van der Waals surface area contributed by atoms with Crippen LogP contribution in [0.1, 0.15) is 23.6 Å². The van der Waals surface area contributed by atoms with Crippen LogP contribution in [0.15, 0.2) is 24.3 Å². The number of carbonyl (C=O) groups excluding carboxylic acids is 2. The number of aliphatic hydroxyl groups is 1. The van der Waals surface area contributed by atoms with E-state index in [9.17, 15) is 14.7 Å². The van der Waals surface area contributed by atoms with Crippen molar-refractivity contribution in [3.63, 3.8) is 0 Å². The fourth-order valence-corrected chi connectivity index (χ4v) is 2.58. The van der Waals surface area contributed by atoms with E-state index in [1.807, 2.05) is 24.3 Å². The Morgan fingerprint density at radius 2 is 2.15 bits per heavy atom. The van der Waals surface area contributed by atoms with E-state index in [4.69, 9.17) is 5.73 Å². The van der Waals surface area contributed by atoms with E-state index in [0.717, 1.165) is 12.0 Å². The number of benzene rings is 1. The normalized spacial score (nSPS) is 17.4. The molecule has 108 valence electrons. The topological polar surface area (TPSA) is 95.7 Å². The minimum absolute atomic E-state index is 0.0905. The lowest BCUT2D eigenvalue weighted by Gasteiger charge is -2.36. The predicted molar refractivity (Wildman–Crippen MR) is 73.9 cm³/mol. The van der Waals surface area contributed by atoms with Crippen LogP contribution in [0.5, 0.6) is 0 Å². The maximum atomic E-state index is 12.2. The van der Waals surface area contributed by atoms with Crippen LogP contribution in [-0.4, -0.2) is 41.6 Å². The Morgan fingerprint density at radius 3 is 2.85 bits per heavy atom. The first-order valence-electron chi connectivity index (χ1n) is 6.65. The highest BCUT2D eigenvalue weighted by Gasteiger charge is 2.29. The molecule has 20 heavy (non-hydrogen) atoms. The summed E-state index contributed by atoms with van der Waals surface area (Å²) < 4.78 is 0. The Balaban J connectivity index is 2.05. The zero-order valence-electron chi connectivity index (χ0n) is 11.2. The fourth-order valence-electron chi connectivity index (χ4n) is 2.58. The van der Waals surface area contributed by atoms with Gasteiger partial charge in [-0.2, -0.15) is 0 Å². The Bertz CT molecular complexity index is 504. The highest BCUT2D eigenvalue weighted by molar-refractivity contribution is 5.78. The molecule has 1 atom stereocenters. The highest BCUT2D eigenvalue weighted by Crippen LogP contribution is 2.29. The third-order valence-corrected chi connectivity index (χ3v) is 3.54. The van der Waals surface area contributed by atoms with Gasteiger partial charge < -0.3 is 21.1 Å². The number of hydrogen-bond acceptors (Lipinski definition) is 3. The molecular formula is C14H19N3O3. The highest BCUT2D eigenvalue weighted by atomic mass is 16.3.